The van der Waals surface area contributed by atoms with Gasteiger partial charge in [-0.15, -0.1) is 10.2 Å². The van der Waals surface area contributed by atoms with Crippen LogP contribution >= 0.6 is 35.1 Å². The second kappa shape index (κ2) is 7.17. The normalized spacial score (nSPS) is 14.9. The number of nitrogens with one attached hydrogen (secondary N) is 1. The van der Waals surface area contributed by atoms with Crippen LogP contribution in [0.4, 0.5) is 0 Å². The van der Waals surface area contributed by atoms with Crippen LogP contribution < -0.4 is 11.2 Å². The van der Waals surface area contributed by atoms with Crippen LogP contribution in [-0.2, 0) is 0 Å². The van der Waals surface area contributed by atoms with Crippen molar-refractivity contribution in [2.75, 3.05) is 17.4 Å². The number of hydrogen-bond donors (Lipinski definition) is 2. The molecule has 0 saturated carbocycles. The van der Waals surface area contributed by atoms with Crippen LogP contribution in [0.2, 0.25) is 5.02 Å². The summed E-state index contributed by atoms with van der Waals surface area (Å²) in [6.45, 7) is 2.01. The zero-order valence-corrected chi connectivity index (χ0v) is 15.4. The third-order valence-corrected chi connectivity index (χ3v) is 5.57. The molecule has 122 valence electrons. The van der Waals surface area contributed by atoms with E-state index in [1.807, 2.05) is 35.5 Å². The SMILES string of the molecule is CSCC[C@H]([NH3+])c1nnc2n1NC(c1ccc(Cl)c(C)c1)=CS2. The van der Waals surface area contributed by atoms with Gasteiger partial charge in [0, 0.05) is 22.4 Å². The third kappa shape index (κ3) is 3.52. The first-order valence-corrected chi connectivity index (χ1v) is 9.93. The van der Waals surface area contributed by atoms with E-state index < -0.39 is 0 Å². The van der Waals surface area contributed by atoms with Gasteiger partial charge in [0.2, 0.25) is 11.0 Å². The minimum absolute atomic E-state index is 0.114. The summed E-state index contributed by atoms with van der Waals surface area (Å²) in [5, 5.41) is 12.2. The van der Waals surface area contributed by atoms with Crippen molar-refractivity contribution in [2.45, 2.75) is 24.5 Å². The molecule has 1 atom stereocenters. The van der Waals surface area contributed by atoms with E-state index in [0.717, 1.165) is 45.0 Å². The number of rotatable bonds is 5. The van der Waals surface area contributed by atoms with Gasteiger partial charge in [0.15, 0.2) is 0 Å². The molecule has 23 heavy (non-hydrogen) atoms. The Morgan fingerprint density at radius 1 is 1.43 bits per heavy atom. The molecule has 1 aliphatic rings. The molecule has 1 aromatic carbocycles. The Kier molecular flexibility index (Phi) is 5.21. The molecule has 0 bridgehead atoms. The first kappa shape index (κ1) is 16.7. The van der Waals surface area contributed by atoms with Crippen molar-refractivity contribution in [3.05, 3.63) is 45.6 Å². The lowest BCUT2D eigenvalue weighted by atomic mass is 10.1. The predicted octanol–water partition coefficient (Wildman–Crippen LogP) is 2.92. The zero-order chi connectivity index (χ0) is 16.4. The lowest BCUT2D eigenvalue weighted by Gasteiger charge is -2.20. The molecule has 2 heterocycles. The topological polar surface area (TPSA) is 70.4 Å². The maximum atomic E-state index is 6.12. The van der Waals surface area contributed by atoms with Crippen LogP contribution in [0.25, 0.3) is 5.70 Å². The summed E-state index contributed by atoms with van der Waals surface area (Å²) in [7, 11) is 0. The van der Waals surface area contributed by atoms with E-state index in [1.54, 1.807) is 11.8 Å². The molecule has 8 heteroatoms. The maximum Gasteiger partial charge on any atom is 0.214 e. The number of nitrogens with zero attached hydrogens (tertiary/aromatic N) is 3. The lowest BCUT2D eigenvalue weighted by Crippen LogP contribution is -2.55. The second-order valence-electron chi connectivity index (χ2n) is 5.38. The summed E-state index contributed by atoms with van der Waals surface area (Å²) in [6.07, 6.45) is 3.08. The van der Waals surface area contributed by atoms with Gasteiger partial charge < -0.3 is 5.73 Å². The largest absolute Gasteiger partial charge is 0.349 e. The van der Waals surface area contributed by atoms with Crippen molar-refractivity contribution in [3.8, 4) is 0 Å². The molecule has 0 saturated heterocycles. The molecule has 4 N–H and O–H groups in total. The molecule has 0 unspecified atom stereocenters. The average molecular weight is 369 g/mol. The Hall–Kier alpha value is -1.15. The zero-order valence-electron chi connectivity index (χ0n) is 13.0. The first-order chi connectivity index (χ1) is 11.1. The van der Waals surface area contributed by atoms with Crippen molar-refractivity contribution >= 4 is 40.8 Å². The van der Waals surface area contributed by atoms with Crippen LogP contribution in [0.15, 0.2) is 28.8 Å². The number of hydrogen-bond acceptors (Lipinski definition) is 5. The van der Waals surface area contributed by atoms with E-state index in [0.29, 0.717) is 0 Å². The minimum Gasteiger partial charge on any atom is -0.349 e. The number of benzene rings is 1. The fraction of sp³-hybridized carbons (Fsp3) is 0.333. The molecule has 5 nitrogen and oxygen atoms in total. The fourth-order valence-corrected chi connectivity index (χ4v) is 3.70. The summed E-state index contributed by atoms with van der Waals surface area (Å²) in [4.78, 5) is 0. The van der Waals surface area contributed by atoms with E-state index in [1.165, 1.54) is 0 Å². The van der Waals surface area contributed by atoms with Gasteiger partial charge in [0.05, 0.1) is 5.70 Å². The standard InChI is InChI=1S/C15H18ClN5S2/c1-9-7-10(3-4-11(9)16)13-8-23-15-19-18-14(21(15)20-13)12(17)5-6-22-2/h3-4,7-8,12,20H,5-6,17H2,1-2H3/p+1/t12-/m0/s1. The molecule has 0 aliphatic carbocycles. The number of aromatic nitrogens is 3. The van der Waals surface area contributed by atoms with Gasteiger partial charge in [0.1, 0.15) is 6.04 Å². The Labute approximate surface area is 149 Å². The van der Waals surface area contributed by atoms with Crippen LogP contribution in [0, 0.1) is 6.92 Å². The van der Waals surface area contributed by atoms with Crippen LogP contribution in [0.3, 0.4) is 0 Å². The number of thioether (sulfide) groups is 2. The second-order valence-corrected chi connectivity index (χ2v) is 7.61. The van der Waals surface area contributed by atoms with E-state index in [9.17, 15) is 0 Å². The summed E-state index contributed by atoms with van der Waals surface area (Å²) >= 11 is 9.50. The van der Waals surface area contributed by atoms with Gasteiger partial charge in [0.25, 0.3) is 0 Å². The molecule has 0 spiro atoms. The number of quaternary nitrogens is 1. The molecular formula is C15H19ClN5S2+. The van der Waals surface area contributed by atoms with E-state index in [4.69, 9.17) is 11.6 Å². The third-order valence-electron chi connectivity index (χ3n) is 3.68. The molecule has 2 aromatic rings. The van der Waals surface area contributed by atoms with Crippen LogP contribution in [-0.4, -0.2) is 26.9 Å². The minimum atomic E-state index is 0.114. The van der Waals surface area contributed by atoms with Gasteiger partial charge in [-0.1, -0.05) is 29.4 Å². The van der Waals surface area contributed by atoms with Gasteiger partial charge in [-0.25, -0.2) is 4.68 Å². The average Bonchev–Trinajstić information content (AvgIpc) is 2.98. The van der Waals surface area contributed by atoms with Crippen molar-refractivity contribution < 1.29 is 5.73 Å². The van der Waals surface area contributed by atoms with Gasteiger partial charge in [-0.3, -0.25) is 5.43 Å². The van der Waals surface area contributed by atoms with Crippen molar-refractivity contribution in [1.29, 1.82) is 0 Å². The molecule has 0 amide bonds. The summed E-state index contributed by atoms with van der Waals surface area (Å²) < 4.78 is 1.95. The highest BCUT2D eigenvalue weighted by atomic mass is 35.5. The Morgan fingerprint density at radius 3 is 3.00 bits per heavy atom. The predicted molar refractivity (Wildman–Crippen MR) is 98.0 cm³/mol. The highest BCUT2D eigenvalue weighted by Crippen LogP contribution is 2.31. The van der Waals surface area contributed by atoms with Crippen molar-refractivity contribution in [1.82, 2.24) is 14.9 Å². The monoisotopic (exact) mass is 368 g/mol. The number of aryl methyl sites for hydroxylation is 1. The van der Waals surface area contributed by atoms with Crippen LogP contribution in [0.5, 0.6) is 0 Å². The van der Waals surface area contributed by atoms with Gasteiger partial charge >= 0.3 is 0 Å². The quantitative estimate of drug-likeness (QED) is 0.849. The molecule has 1 aromatic heterocycles. The summed E-state index contributed by atoms with van der Waals surface area (Å²) in [6, 6.07) is 6.12. The van der Waals surface area contributed by atoms with Gasteiger partial charge in [-0.2, -0.15) is 11.8 Å². The lowest BCUT2D eigenvalue weighted by molar-refractivity contribution is -0.429. The summed E-state index contributed by atoms with van der Waals surface area (Å²) in [5.74, 6) is 1.93. The van der Waals surface area contributed by atoms with E-state index in [-0.39, 0.29) is 6.04 Å². The summed E-state index contributed by atoms with van der Waals surface area (Å²) in [5.41, 5.74) is 10.8. The highest BCUT2D eigenvalue weighted by molar-refractivity contribution is 8.02. The number of halogens is 1. The van der Waals surface area contributed by atoms with E-state index >= 15 is 0 Å². The van der Waals surface area contributed by atoms with Gasteiger partial charge in [-0.05, 0) is 36.6 Å². The molecule has 3 rings (SSSR count). The molecule has 0 fully saturated rings. The molecule has 1 aliphatic heterocycles. The maximum absolute atomic E-state index is 6.12. The van der Waals surface area contributed by atoms with Crippen molar-refractivity contribution in [3.63, 3.8) is 0 Å². The Bertz CT molecular complexity index is 743. The smallest absolute Gasteiger partial charge is 0.214 e. The molecular weight excluding hydrogens is 350 g/mol. The highest BCUT2D eigenvalue weighted by Gasteiger charge is 2.24. The molecule has 0 radical (unpaired) electrons. The Balaban J connectivity index is 1.84. The van der Waals surface area contributed by atoms with Crippen molar-refractivity contribution in [2.24, 2.45) is 0 Å². The van der Waals surface area contributed by atoms with Crippen LogP contribution in [0.1, 0.15) is 29.4 Å². The Morgan fingerprint density at radius 2 is 2.26 bits per heavy atom. The van der Waals surface area contributed by atoms with E-state index in [2.05, 4.69) is 39.1 Å². The first-order valence-electron chi connectivity index (χ1n) is 7.28. The fourth-order valence-electron chi connectivity index (χ4n) is 2.32. The number of fused-ring (bicyclic) bond motifs is 1.